The summed E-state index contributed by atoms with van der Waals surface area (Å²) in [6.45, 7) is 4.99. The van der Waals surface area contributed by atoms with Crippen LogP contribution in [0.25, 0.3) is 0 Å². The van der Waals surface area contributed by atoms with E-state index in [-0.39, 0.29) is 10.8 Å². The minimum atomic E-state index is -3.82. The molecule has 2 N–H and O–H groups in total. The molecule has 0 unspecified atom stereocenters. The summed E-state index contributed by atoms with van der Waals surface area (Å²) in [6.07, 6.45) is 5.50. The zero-order valence-corrected chi connectivity index (χ0v) is 14.1. The van der Waals surface area contributed by atoms with E-state index in [1.165, 1.54) is 12.5 Å². The third kappa shape index (κ3) is 3.87. The highest BCUT2D eigenvalue weighted by atomic mass is 32.2. The number of aryl methyl sites for hydroxylation is 2. The van der Waals surface area contributed by atoms with Gasteiger partial charge in [0.15, 0.2) is 0 Å². The number of rotatable bonds is 2. The van der Waals surface area contributed by atoms with E-state index in [1.54, 1.807) is 13.0 Å². The second-order valence-corrected chi connectivity index (χ2v) is 7.57. The van der Waals surface area contributed by atoms with Crippen LogP contribution >= 0.6 is 0 Å². The second-order valence-electron chi connectivity index (χ2n) is 6.04. The predicted molar refractivity (Wildman–Crippen MR) is 86.3 cm³/mol. The number of likely N-dealkylation sites (tertiary alicyclic amines) is 1. The number of carbonyl (C=O) groups excluding carboxylic acids is 1. The van der Waals surface area contributed by atoms with Crippen LogP contribution < -0.4 is 5.14 Å². The lowest BCUT2D eigenvalue weighted by atomic mass is 10.0. The first-order valence-electron chi connectivity index (χ1n) is 7.74. The number of nitrogens with zero attached hydrogens (tertiary/aromatic N) is 1. The molecule has 0 atom stereocenters. The normalized spacial score (nSPS) is 17.0. The van der Waals surface area contributed by atoms with E-state index in [2.05, 4.69) is 0 Å². The van der Waals surface area contributed by atoms with Gasteiger partial charge < -0.3 is 4.90 Å². The van der Waals surface area contributed by atoms with E-state index in [1.807, 2.05) is 11.8 Å². The maximum absolute atomic E-state index is 12.8. The number of benzene rings is 1. The van der Waals surface area contributed by atoms with Crippen molar-refractivity contribution in [2.75, 3.05) is 13.1 Å². The number of hydrogen-bond acceptors (Lipinski definition) is 3. The largest absolute Gasteiger partial charge is 0.339 e. The molecule has 0 spiro atoms. The van der Waals surface area contributed by atoms with Gasteiger partial charge in [-0.3, -0.25) is 4.79 Å². The minimum Gasteiger partial charge on any atom is -0.339 e. The summed E-state index contributed by atoms with van der Waals surface area (Å²) >= 11 is 0. The Kier molecular flexibility index (Phi) is 5.24. The summed E-state index contributed by atoms with van der Waals surface area (Å²) in [7, 11) is -3.82. The molecule has 0 aromatic heterocycles. The Morgan fingerprint density at radius 2 is 1.55 bits per heavy atom. The quantitative estimate of drug-likeness (QED) is 0.907. The van der Waals surface area contributed by atoms with Crippen LogP contribution in [0.4, 0.5) is 0 Å². The maximum Gasteiger partial charge on any atom is 0.254 e. The lowest BCUT2D eigenvalue weighted by Crippen LogP contribution is -2.34. The summed E-state index contributed by atoms with van der Waals surface area (Å²) in [6, 6.07) is 3.15. The number of sulfonamides is 1. The van der Waals surface area contributed by atoms with Crippen molar-refractivity contribution in [3.63, 3.8) is 0 Å². The van der Waals surface area contributed by atoms with Crippen LogP contribution in [0.1, 0.15) is 53.6 Å². The molecule has 0 bridgehead atoms. The van der Waals surface area contributed by atoms with E-state index in [9.17, 15) is 13.2 Å². The average Bonchev–Trinajstić information content (AvgIpc) is 2.36. The minimum absolute atomic E-state index is 0.0356. The highest BCUT2D eigenvalue weighted by molar-refractivity contribution is 7.89. The van der Waals surface area contributed by atoms with Crippen molar-refractivity contribution in [1.82, 2.24) is 4.90 Å². The molecule has 1 aliphatic heterocycles. The molecular weight excluding hydrogens is 300 g/mol. The van der Waals surface area contributed by atoms with Crippen LogP contribution in [0.2, 0.25) is 0 Å². The van der Waals surface area contributed by atoms with Gasteiger partial charge in [-0.05, 0) is 43.9 Å². The Labute approximate surface area is 132 Å². The lowest BCUT2D eigenvalue weighted by molar-refractivity contribution is 0.0741. The fourth-order valence-electron chi connectivity index (χ4n) is 2.99. The molecule has 1 aromatic rings. The number of hydrogen-bond donors (Lipinski definition) is 1. The van der Waals surface area contributed by atoms with Gasteiger partial charge in [-0.2, -0.15) is 0 Å². The van der Waals surface area contributed by atoms with Crippen LogP contribution in [0.5, 0.6) is 0 Å². The van der Waals surface area contributed by atoms with Crippen LogP contribution in [0.15, 0.2) is 17.0 Å². The van der Waals surface area contributed by atoms with Crippen molar-refractivity contribution in [3.8, 4) is 0 Å². The molecule has 1 aromatic carbocycles. The Hall–Kier alpha value is -1.40. The standard InChI is InChI=1S/C16H24N2O3S/c1-12-10-13(2)15(22(17,20)21)11-14(12)16(19)18-8-6-4-3-5-7-9-18/h10-11H,3-9H2,1-2H3,(H2,17,20,21). The third-order valence-electron chi connectivity index (χ3n) is 4.20. The van der Waals surface area contributed by atoms with Crippen molar-refractivity contribution in [2.45, 2.75) is 50.8 Å². The van der Waals surface area contributed by atoms with Gasteiger partial charge >= 0.3 is 0 Å². The van der Waals surface area contributed by atoms with Crippen molar-refractivity contribution in [2.24, 2.45) is 5.14 Å². The number of nitrogens with two attached hydrogens (primary N) is 1. The molecule has 5 nitrogen and oxygen atoms in total. The van der Waals surface area contributed by atoms with Gasteiger partial charge in [0.05, 0.1) is 4.90 Å². The van der Waals surface area contributed by atoms with Crippen LogP contribution in [-0.2, 0) is 10.0 Å². The van der Waals surface area contributed by atoms with Crippen molar-refractivity contribution in [3.05, 3.63) is 28.8 Å². The number of primary sulfonamides is 1. The van der Waals surface area contributed by atoms with E-state index in [0.717, 1.165) is 44.3 Å². The molecule has 1 saturated heterocycles. The van der Waals surface area contributed by atoms with Gasteiger partial charge in [0.1, 0.15) is 0 Å². The molecule has 6 heteroatoms. The Morgan fingerprint density at radius 3 is 2.09 bits per heavy atom. The zero-order chi connectivity index (χ0) is 16.3. The molecular formula is C16H24N2O3S. The molecule has 2 rings (SSSR count). The highest BCUT2D eigenvalue weighted by Gasteiger charge is 2.22. The Morgan fingerprint density at radius 1 is 1.00 bits per heavy atom. The van der Waals surface area contributed by atoms with Crippen molar-refractivity contribution >= 4 is 15.9 Å². The fourth-order valence-corrected chi connectivity index (χ4v) is 3.78. The van der Waals surface area contributed by atoms with Gasteiger partial charge in [0.2, 0.25) is 10.0 Å². The first-order valence-corrected chi connectivity index (χ1v) is 9.28. The van der Waals surface area contributed by atoms with Crippen LogP contribution in [-0.4, -0.2) is 32.3 Å². The molecule has 0 aliphatic carbocycles. The fraction of sp³-hybridized carbons (Fsp3) is 0.562. The summed E-state index contributed by atoms with van der Waals surface area (Å²) < 4.78 is 23.3. The number of carbonyl (C=O) groups is 1. The Balaban J connectivity index is 2.36. The molecule has 122 valence electrons. The monoisotopic (exact) mass is 324 g/mol. The topological polar surface area (TPSA) is 80.5 Å². The summed E-state index contributed by atoms with van der Waals surface area (Å²) in [5.74, 6) is -0.0932. The van der Waals surface area contributed by atoms with Crippen LogP contribution in [0, 0.1) is 13.8 Å². The molecule has 1 aliphatic rings. The number of amides is 1. The van der Waals surface area contributed by atoms with Gasteiger partial charge in [-0.15, -0.1) is 0 Å². The van der Waals surface area contributed by atoms with E-state index < -0.39 is 10.0 Å². The molecule has 1 fully saturated rings. The van der Waals surface area contributed by atoms with E-state index in [0.29, 0.717) is 11.1 Å². The molecule has 1 heterocycles. The first-order chi connectivity index (χ1) is 10.3. The predicted octanol–water partition coefficient (Wildman–Crippen LogP) is 2.36. The van der Waals surface area contributed by atoms with Gasteiger partial charge in [-0.1, -0.05) is 25.3 Å². The summed E-state index contributed by atoms with van der Waals surface area (Å²) in [5.41, 5.74) is 1.80. The van der Waals surface area contributed by atoms with Crippen LogP contribution in [0.3, 0.4) is 0 Å². The van der Waals surface area contributed by atoms with E-state index in [4.69, 9.17) is 5.14 Å². The molecule has 0 radical (unpaired) electrons. The summed E-state index contributed by atoms with van der Waals surface area (Å²) in [4.78, 5) is 14.6. The highest BCUT2D eigenvalue weighted by Crippen LogP contribution is 2.22. The van der Waals surface area contributed by atoms with Crippen molar-refractivity contribution < 1.29 is 13.2 Å². The van der Waals surface area contributed by atoms with Gasteiger partial charge in [-0.25, -0.2) is 13.6 Å². The summed E-state index contributed by atoms with van der Waals surface area (Å²) in [5, 5.41) is 5.25. The molecule has 1 amide bonds. The zero-order valence-electron chi connectivity index (χ0n) is 13.3. The molecule has 0 saturated carbocycles. The third-order valence-corrected chi connectivity index (χ3v) is 5.26. The SMILES string of the molecule is Cc1cc(C)c(S(N)(=O)=O)cc1C(=O)N1CCCCCCC1. The molecule has 22 heavy (non-hydrogen) atoms. The van der Waals surface area contributed by atoms with E-state index >= 15 is 0 Å². The van der Waals surface area contributed by atoms with Gasteiger partial charge in [0, 0.05) is 18.7 Å². The lowest BCUT2D eigenvalue weighted by Gasteiger charge is -2.26. The maximum atomic E-state index is 12.8. The average molecular weight is 324 g/mol. The Bertz CT molecular complexity index is 660. The van der Waals surface area contributed by atoms with Gasteiger partial charge in [0.25, 0.3) is 5.91 Å². The first kappa shape index (κ1) is 17.0. The smallest absolute Gasteiger partial charge is 0.254 e. The van der Waals surface area contributed by atoms with Crippen molar-refractivity contribution in [1.29, 1.82) is 0 Å². The second kappa shape index (κ2) is 6.79.